The highest BCUT2D eigenvalue weighted by Gasteiger charge is 2.29. The first-order valence-corrected chi connectivity index (χ1v) is 7.29. The summed E-state index contributed by atoms with van der Waals surface area (Å²) >= 11 is 0. The zero-order valence-corrected chi connectivity index (χ0v) is 12.5. The molecule has 3 aromatic rings. The van der Waals surface area contributed by atoms with Crippen molar-refractivity contribution in [2.45, 2.75) is 19.5 Å². The van der Waals surface area contributed by atoms with Crippen LogP contribution in [-0.4, -0.2) is 4.98 Å². The van der Waals surface area contributed by atoms with E-state index in [0.29, 0.717) is 5.69 Å². The Morgan fingerprint density at radius 3 is 2.39 bits per heavy atom. The minimum absolute atomic E-state index is 0.604. The van der Waals surface area contributed by atoms with Gasteiger partial charge in [-0.15, -0.1) is 0 Å². The predicted molar refractivity (Wildman–Crippen MR) is 85.8 cm³/mol. The number of pyridine rings is 1. The van der Waals surface area contributed by atoms with Crippen LogP contribution in [0.4, 0.5) is 24.5 Å². The van der Waals surface area contributed by atoms with Gasteiger partial charge in [-0.3, -0.25) is 4.98 Å². The normalized spacial score (nSPS) is 11.7. The number of rotatable bonds is 3. The van der Waals surface area contributed by atoms with E-state index >= 15 is 0 Å². The van der Waals surface area contributed by atoms with Crippen LogP contribution in [0.3, 0.4) is 0 Å². The molecule has 0 amide bonds. The Labute approximate surface area is 132 Å². The molecule has 0 aliphatic heterocycles. The summed E-state index contributed by atoms with van der Waals surface area (Å²) in [5, 5.41) is 4.12. The maximum atomic E-state index is 12.6. The third-order valence-electron chi connectivity index (χ3n) is 3.71. The first-order chi connectivity index (χ1) is 11.0. The van der Waals surface area contributed by atoms with E-state index < -0.39 is 11.7 Å². The van der Waals surface area contributed by atoms with E-state index in [1.165, 1.54) is 17.7 Å². The Bertz CT molecular complexity index is 824. The van der Waals surface area contributed by atoms with Gasteiger partial charge in [0.1, 0.15) is 0 Å². The van der Waals surface area contributed by atoms with Crippen molar-refractivity contribution in [1.82, 2.24) is 4.98 Å². The molecular formula is C18H15F3N2. The maximum absolute atomic E-state index is 12.6. The smallest absolute Gasteiger partial charge is 0.355 e. The molecule has 0 unspecified atom stereocenters. The highest BCUT2D eigenvalue weighted by Crippen LogP contribution is 2.31. The van der Waals surface area contributed by atoms with Gasteiger partial charge in [0, 0.05) is 23.0 Å². The minimum Gasteiger partial charge on any atom is -0.355 e. The van der Waals surface area contributed by atoms with Crippen molar-refractivity contribution in [2.24, 2.45) is 0 Å². The van der Waals surface area contributed by atoms with Crippen LogP contribution in [-0.2, 0) is 12.6 Å². The highest BCUT2D eigenvalue weighted by atomic mass is 19.4. The van der Waals surface area contributed by atoms with Crippen molar-refractivity contribution in [3.63, 3.8) is 0 Å². The first kappa shape index (κ1) is 15.3. The fourth-order valence-corrected chi connectivity index (χ4v) is 2.42. The van der Waals surface area contributed by atoms with Gasteiger partial charge in [-0.25, -0.2) is 0 Å². The lowest BCUT2D eigenvalue weighted by atomic mass is 10.1. The maximum Gasteiger partial charge on any atom is 0.416 e. The van der Waals surface area contributed by atoms with Gasteiger partial charge in [0.2, 0.25) is 0 Å². The number of nitrogens with zero attached hydrogens (tertiary/aromatic N) is 1. The monoisotopic (exact) mass is 316 g/mol. The van der Waals surface area contributed by atoms with Gasteiger partial charge < -0.3 is 5.32 Å². The van der Waals surface area contributed by atoms with E-state index in [9.17, 15) is 13.2 Å². The van der Waals surface area contributed by atoms with Gasteiger partial charge in [0.05, 0.1) is 11.1 Å². The van der Waals surface area contributed by atoms with Gasteiger partial charge in [-0.05, 0) is 54.4 Å². The number of nitrogens with one attached hydrogen (secondary N) is 1. The van der Waals surface area contributed by atoms with E-state index in [4.69, 9.17) is 0 Å². The summed E-state index contributed by atoms with van der Waals surface area (Å²) in [6, 6.07) is 12.8. The molecule has 2 aromatic carbocycles. The molecule has 1 heterocycles. The SMILES string of the molecule is CCc1ccc2nccc(Nc3ccc(C(F)(F)F)cc3)c2c1. The van der Waals surface area contributed by atoms with E-state index in [1.807, 2.05) is 18.2 Å². The van der Waals surface area contributed by atoms with Crippen molar-refractivity contribution in [2.75, 3.05) is 5.32 Å². The molecule has 3 rings (SSSR count). The van der Waals surface area contributed by atoms with Crippen molar-refractivity contribution in [3.05, 3.63) is 65.9 Å². The van der Waals surface area contributed by atoms with Gasteiger partial charge in [0.15, 0.2) is 0 Å². The van der Waals surface area contributed by atoms with Crippen molar-refractivity contribution < 1.29 is 13.2 Å². The number of halogens is 3. The van der Waals surface area contributed by atoms with Gasteiger partial charge in [0.25, 0.3) is 0 Å². The molecular weight excluding hydrogens is 301 g/mol. The van der Waals surface area contributed by atoms with Crippen LogP contribution in [0.2, 0.25) is 0 Å². The molecule has 118 valence electrons. The summed E-state index contributed by atoms with van der Waals surface area (Å²) in [6.07, 6.45) is -1.73. The standard InChI is InChI=1S/C18H15F3N2/c1-2-12-3-8-16-15(11-12)17(9-10-22-16)23-14-6-4-13(5-7-14)18(19,20)21/h3-11H,2H2,1H3,(H,22,23). The van der Waals surface area contributed by atoms with Crippen LogP contribution >= 0.6 is 0 Å². The summed E-state index contributed by atoms with van der Waals surface area (Å²) in [5.74, 6) is 0. The van der Waals surface area contributed by atoms with E-state index in [2.05, 4.69) is 23.3 Å². The molecule has 0 fully saturated rings. The topological polar surface area (TPSA) is 24.9 Å². The van der Waals surface area contributed by atoms with E-state index in [1.54, 1.807) is 6.20 Å². The number of hydrogen-bond donors (Lipinski definition) is 1. The Kier molecular flexibility index (Phi) is 3.94. The lowest BCUT2D eigenvalue weighted by Crippen LogP contribution is -2.04. The molecule has 0 saturated heterocycles. The fraction of sp³-hybridized carbons (Fsp3) is 0.167. The first-order valence-electron chi connectivity index (χ1n) is 7.29. The van der Waals surface area contributed by atoms with E-state index in [-0.39, 0.29) is 0 Å². The molecule has 0 aliphatic carbocycles. The number of hydrogen-bond acceptors (Lipinski definition) is 2. The van der Waals surface area contributed by atoms with Gasteiger partial charge in [-0.1, -0.05) is 13.0 Å². The Morgan fingerprint density at radius 2 is 1.74 bits per heavy atom. The minimum atomic E-state index is -4.32. The second kappa shape index (κ2) is 5.91. The summed E-state index contributed by atoms with van der Waals surface area (Å²) < 4.78 is 37.8. The van der Waals surface area contributed by atoms with Crippen LogP contribution in [0.5, 0.6) is 0 Å². The summed E-state index contributed by atoms with van der Waals surface area (Å²) in [4.78, 5) is 4.32. The number of alkyl halides is 3. The second-order valence-electron chi connectivity index (χ2n) is 5.26. The van der Waals surface area contributed by atoms with Crippen molar-refractivity contribution in [3.8, 4) is 0 Å². The van der Waals surface area contributed by atoms with Crippen LogP contribution in [0.25, 0.3) is 10.9 Å². The van der Waals surface area contributed by atoms with Crippen LogP contribution in [0.15, 0.2) is 54.7 Å². The lowest BCUT2D eigenvalue weighted by molar-refractivity contribution is -0.137. The Balaban J connectivity index is 1.95. The summed E-state index contributed by atoms with van der Waals surface area (Å²) in [7, 11) is 0. The van der Waals surface area contributed by atoms with Crippen LogP contribution < -0.4 is 5.32 Å². The average molecular weight is 316 g/mol. The average Bonchev–Trinajstić information content (AvgIpc) is 2.54. The zero-order chi connectivity index (χ0) is 16.4. The fourth-order valence-electron chi connectivity index (χ4n) is 2.42. The molecule has 1 N–H and O–H groups in total. The zero-order valence-electron chi connectivity index (χ0n) is 12.5. The summed E-state index contributed by atoms with van der Waals surface area (Å²) in [6.45, 7) is 2.07. The number of aromatic nitrogens is 1. The van der Waals surface area contributed by atoms with Crippen LogP contribution in [0, 0.1) is 0 Å². The molecule has 1 aromatic heterocycles. The molecule has 0 bridgehead atoms. The number of fused-ring (bicyclic) bond motifs is 1. The third-order valence-corrected chi connectivity index (χ3v) is 3.71. The molecule has 0 saturated carbocycles. The van der Waals surface area contributed by atoms with E-state index in [0.717, 1.165) is 35.1 Å². The molecule has 0 spiro atoms. The largest absolute Gasteiger partial charge is 0.416 e. The number of aryl methyl sites for hydroxylation is 1. The lowest BCUT2D eigenvalue weighted by Gasteiger charge is -2.12. The van der Waals surface area contributed by atoms with Gasteiger partial charge >= 0.3 is 6.18 Å². The Morgan fingerprint density at radius 1 is 1.00 bits per heavy atom. The highest BCUT2D eigenvalue weighted by molar-refractivity contribution is 5.93. The predicted octanol–water partition coefficient (Wildman–Crippen LogP) is 5.56. The second-order valence-corrected chi connectivity index (χ2v) is 5.26. The third kappa shape index (κ3) is 3.28. The molecule has 2 nitrogen and oxygen atoms in total. The van der Waals surface area contributed by atoms with Crippen molar-refractivity contribution >= 4 is 22.3 Å². The van der Waals surface area contributed by atoms with Crippen molar-refractivity contribution in [1.29, 1.82) is 0 Å². The van der Waals surface area contributed by atoms with Gasteiger partial charge in [-0.2, -0.15) is 13.2 Å². The molecule has 5 heteroatoms. The molecule has 0 radical (unpaired) electrons. The Hall–Kier alpha value is -2.56. The molecule has 0 aliphatic rings. The number of anilines is 2. The quantitative estimate of drug-likeness (QED) is 0.684. The molecule has 23 heavy (non-hydrogen) atoms. The number of benzene rings is 2. The molecule has 0 atom stereocenters. The van der Waals surface area contributed by atoms with Crippen LogP contribution in [0.1, 0.15) is 18.1 Å². The summed E-state index contributed by atoms with van der Waals surface area (Å²) in [5.41, 5.74) is 2.80.